The quantitative estimate of drug-likeness (QED) is 0.181. The van der Waals surface area contributed by atoms with Gasteiger partial charge in [0.1, 0.15) is 0 Å². The third kappa shape index (κ3) is 5.57. The molecule has 0 spiro atoms. The molecule has 43 heavy (non-hydrogen) atoms. The van der Waals surface area contributed by atoms with Gasteiger partial charge in [-0.2, -0.15) is 0 Å². The summed E-state index contributed by atoms with van der Waals surface area (Å²) in [6.07, 6.45) is 4.90. The predicted molar refractivity (Wildman–Crippen MR) is 187 cm³/mol. The second kappa shape index (κ2) is 11.6. The summed E-state index contributed by atoms with van der Waals surface area (Å²) in [5.74, 6) is -0.373. The zero-order valence-corrected chi connectivity index (χ0v) is 31.3. The summed E-state index contributed by atoms with van der Waals surface area (Å²) in [7, 11) is 0. The summed E-state index contributed by atoms with van der Waals surface area (Å²) in [6, 6.07) is 30.7. The predicted octanol–water partition coefficient (Wildman–Crippen LogP) is 11.4. The topological polar surface area (TPSA) is 0 Å². The van der Waals surface area contributed by atoms with Crippen LogP contribution in [0.25, 0.3) is 28.3 Å². The van der Waals surface area contributed by atoms with E-state index < -0.39 is 28.3 Å². The van der Waals surface area contributed by atoms with Gasteiger partial charge in [-0.1, -0.05) is 0 Å². The Morgan fingerprint density at radius 2 is 1.42 bits per heavy atom. The second-order valence-corrected chi connectivity index (χ2v) is 30.2. The average molecular weight is 660 g/mol. The SMILES string of the molecule is CCCC1=Cc2c(-c3ccccc3)cccc2C1c1c(C(C)(C)C)ccc2c1[CH]([Zr][SiH](C)C)c1cc(C(C)(C)C)ccc1-2. The molecule has 0 saturated carbocycles. The molecule has 0 saturated heterocycles. The molecule has 2 heteroatoms. The van der Waals surface area contributed by atoms with Crippen molar-refractivity contribution in [2.24, 2.45) is 0 Å². The molecule has 0 amide bonds. The van der Waals surface area contributed by atoms with E-state index >= 15 is 0 Å². The fraction of sp³-hybridized carbons (Fsp3) is 0.366. The van der Waals surface area contributed by atoms with E-state index in [0.29, 0.717) is 9.54 Å². The minimum absolute atomic E-state index is 0.0671. The zero-order valence-electron chi connectivity index (χ0n) is 27.7. The summed E-state index contributed by atoms with van der Waals surface area (Å²) in [5.41, 5.74) is 18.6. The molecule has 0 radical (unpaired) electrons. The van der Waals surface area contributed by atoms with Crippen LogP contribution >= 0.6 is 0 Å². The standard InChI is InChI=1S/C39H41.C2H7Si.Zr/c1-8-13-26-23-33-29(25-14-10-9-11-15-25)16-12-17-32(33)36(26)37-34-24-27-22-28(38(2,3)4)18-19-30(27)31(34)20-21-35(37)39(5,6)7;1-3-2;/h9-12,14-24,36H,8,13H2,1-7H3;3H,1-2H3;. The van der Waals surface area contributed by atoms with E-state index in [-0.39, 0.29) is 10.8 Å². The number of hydrogen-bond acceptors (Lipinski definition) is 0. The van der Waals surface area contributed by atoms with Gasteiger partial charge in [-0.05, 0) is 0 Å². The first kappa shape index (κ1) is 30.7. The van der Waals surface area contributed by atoms with Gasteiger partial charge in [-0.25, -0.2) is 0 Å². The van der Waals surface area contributed by atoms with E-state index in [9.17, 15) is 0 Å². The number of allylic oxidation sites excluding steroid dienone is 1. The maximum atomic E-state index is 2.62. The first-order chi connectivity index (χ1) is 20.4. The molecule has 4 aromatic carbocycles. The van der Waals surface area contributed by atoms with Crippen molar-refractivity contribution in [1.29, 1.82) is 0 Å². The van der Waals surface area contributed by atoms with Crippen LogP contribution in [0.4, 0.5) is 0 Å². The Bertz CT molecular complexity index is 1690. The Kier molecular flexibility index (Phi) is 8.27. The van der Waals surface area contributed by atoms with E-state index in [2.05, 4.69) is 146 Å². The van der Waals surface area contributed by atoms with Gasteiger partial charge in [0.05, 0.1) is 0 Å². The summed E-state index contributed by atoms with van der Waals surface area (Å²) in [6.45, 7) is 22.0. The van der Waals surface area contributed by atoms with Crippen LogP contribution in [-0.4, -0.2) is 5.92 Å². The summed E-state index contributed by atoms with van der Waals surface area (Å²) < 4.78 is 0.643. The summed E-state index contributed by atoms with van der Waals surface area (Å²) >= 11 is -0.657. The van der Waals surface area contributed by atoms with Gasteiger partial charge in [-0.3, -0.25) is 0 Å². The number of fused-ring (bicyclic) bond motifs is 4. The molecule has 0 heterocycles. The van der Waals surface area contributed by atoms with Crippen LogP contribution in [0.1, 0.15) is 110 Å². The molecule has 0 aromatic heterocycles. The zero-order chi connectivity index (χ0) is 30.7. The number of rotatable bonds is 6. The van der Waals surface area contributed by atoms with Gasteiger partial charge in [0.15, 0.2) is 0 Å². The molecule has 0 bridgehead atoms. The Labute approximate surface area is 273 Å². The molecular formula is C41H48SiZr. The van der Waals surface area contributed by atoms with E-state index in [4.69, 9.17) is 0 Å². The van der Waals surface area contributed by atoms with Crippen molar-refractivity contribution in [3.8, 4) is 22.3 Å². The molecule has 2 aliphatic rings. The number of hydrogen-bond donors (Lipinski definition) is 0. The van der Waals surface area contributed by atoms with Crippen LogP contribution in [0.3, 0.4) is 0 Å². The molecular weight excluding hydrogens is 612 g/mol. The molecule has 220 valence electrons. The molecule has 0 fully saturated rings. The maximum absolute atomic E-state index is 2.62. The van der Waals surface area contributed by atoms with E-state index in [0.717, 1.165) is 6.42 Å². The minimum atomic E-state index is -0.701. The van der Waals surface area contributed by atoms with Crippen molar-refractivity contribution in [3.05, 3.63) is 123 Å². The van der Waals surface area contributed by atoms with E-state index in [1.165, 1.54) is 45.4 Å². The van der Waals surface area contributed by atoms with Crippen LogP contribution in [0.2, 0.25) is 13.1 Å². The second-order valence-electron chi connectivity index (χ2n) is 15.1. The van der Waals surface area contributed by atoms with Gasteiger partial charge in [-0.15, -0.1) is 0 Å². The fourth-order valence-electron chi connectivity index (χ4n) is 7.50. The number of benzene rings is 4. The van der Waals surface area contributed by atoms with Crippen molar-refractivity contribution < 1.29 is 22.4 Å². The Morgan fingerprint density at radius 3 is 2.07 bits per heavy atom. The molecule has 2 unspecified atom stereocenters. The van der Waals surface area contributed by atoms with Crippen LogP contribution in [0, 0.1) is 0 Å². The van der Waals surface area contributed by atoms with E-state index in [1.807, 2.05) is 0 Å². The summed E-state index contributed by atoms with van der Waals surface area (Å²) in [4.78, 5) is 0. The van der Waals surface area contributed by atoms with Gasteiger partial charge < -0.3 is 0 Å². The molecule has 0 nitrogen and oxygen atoms in total. The third-order valence-corrected chi connectivity index (χ3v) is 19.3. The molecule has 0 aliphatic heterocycles. The van der Waals surface area contributed by atoms with Gasteiger partial charge >= 0.3 is 275 Å². The first-order valence-corrected chi connectivity index (χ1v) is 24.9. The third-order valence-electron chi connectivity index (χ3n) is 9.47. The van der Waals surface area contributed by atoms with Crippen molar-refractivity contribution >= 4 is 12.0 Å². The normalized spacial score (nSPS) is 17.5. The molecule has 6 rings (SSSR count). The molecule has 2 atom stereocenters. The van der Waals surface area contributed by atoms with Crippen molar-refractivity contribution in [2.75, 3.05) is 0 Å². The van der Waals surface area contributed by atoms with Crippen LogP contribution in [0.15, 0.2) is 84.4 Å². The Morgan fingerprint density at radius 1 is 0.698 bits per heavy atom. The molecule has 4 aromatic rings. The van der Waals surface area contributed by atoms with Crippen LogP contribution in [0.5, 0.6) is 0 Å². The van der Waals surface area contributed by atoms with Crippen LogP contribution < -0.4 is 0 Å². The Hall–Kier alpha value is -2.28. The fourth-order valence-corrected chi connectivity index (χ4v) is 17.3. The summed E-state index contributed by atoms with van der Waals surface area (Å²) in [5, 5.41) is 0. The van der Waals surface area contributed by atoms with Crippen LogP contribution in [-0.2, 0) is 33.2 Å². The molecule has 2 aliphatic carbocycles. The van der Waals surface area contributed by atoms with Crippen molar-refractivity contribution in [1.82, 2.24) is 0 Å². The monoisotopic (exact) mass is 658 g/mol. The first-order valence-electron chi connectivity index (χ1n) is 16.4. The molecule has 0 N–H and O–H groups in total. The van der Waals surface area contributed by atoms with Crippen molar-refractivity contribution in [3.63, 3.8) is 0 Å². The van der Waals surface area contributed by atoms with Gasteiger partial charge in [0.2, 0.25) is 0 Å². The Balaban J connectivity index is 1.65. The van der Waals surface area contributed by atoms with Gasteiger partial charge in [0, 0.05) is 0 Å². The average Bonchev–Trinajstić information content (AvgIpc) is 3.47. The van der Waals surface area contributed by atoms with Gasteiger partial charge in [0.25, 0.3) is 0 Å². The van der Waals surface area contributed by atoms with E-state index in [1.54, 1.807) is 27.8 Å². The van der Waals surface area contributed by atoms with Crippen molar-refractivity contribution in [2.45, 2.75) is 94.8 Å².